The van der Waals surface area contributed by atoms with Gasteiger partial charge in [0.1, 0.15) is 0 Å². The number of para-hydroxylation sites is 1. The van der Waals surface area contributed by atoms with Crippen molar-refractivity contribution in [1.29, 1.82) is 0 Å². The Morgan fingerprint density at radius 3 is 2.35 bits per heavy atom. The molecular formula is C13H11NO2S. The van der Waals surface area contributed by atoms with Gasteiger partial charge in [0, 0.05) is 9.79 Å². The minimum atomic E-state index is -1.05. The Labute approximate surface area is 103 Å². The van der Waals surface area contributed by atoms with Gasteiger partial charge in [-0.1, -0.05) is 42.1 Å². The third kappa shape index (κ3) is 3.26. The van der Waals surface area contributed by atoms with E-state index in [1.807, 2.05) is 42.5 Å². The summed E-state index contributed by atoms with van der Waals surface area (Å²) in [5.41, 5.74) is 0.605. The van der Waals surface area contributed by atoms with Crippen molar-refractivity contribution in [3.8, 4) is 0 Å². The molecule has 0 aliphatic carbocycles. The number of carbonyl (C=O) groups is 1. The molecule has 0 fully saturated rings. The molecule has 3 nitrogen and oxygen atoms in total. The van der Waals surface area contributed by atoms with E-state index in [1.165, 1.54) is 11.8 Å². The van der Waals surface area contributed by atoms with Crippen LogP contribution in [0.25, 0.3) is 0 Å². The smallest absolute Gasteiger partial charge is 0.409 e. The van der Waals surface area contributed by atoms with Crippen LogP contribution >= 0.6 is 11.8 Å². The zero-order valence-corrected chi connectivity index (χ0v) is 9.78. The van der Waals surface area contributed by atoms with E-state index in [4.69, 9.17) is 5.11 Å². The Kier molecular flexibility index (Phi) is 3.67. The molecule has 2 aromatic rings. The fraction of sp³-hybridized carbons (Fsp3) is 0. The van der Waals surface area contributed by atoms with E-state index in [-0.39, 0.29) is 0 Å². The number of rotatable bonds is 3. The highest BCUT2D eigenvalue weighted by Gasteiger charge is 2.05. The quantitative estimate of drug-likeness (QED) is 0.861. The third-order valence-corrected chi connectivity index (χ3v) is 3.18. The van der Waals surface area contributed by atoms with Crippen molar-refractivity contribution in [3.05, 3.63) is 54.6 Å². The summed E-state index contributed by atoms with van der Waals surface area (Å²) in [6.45, 7) is 0. The van der Waals surface area contributed by atoms with Gasteiger partial charge in [-0.05, 0) is 24.3 Å². The molecular weight excluding hydrogens is 234 g/mol. The first-order valence-corrected chi connectivity index (χ1v) is 5.89. The molecule has 0 aromatic heterocycles. The molecule has 86 valence electrons. The van der Waals surface area contributed by atoms with Gasteiger partial charge < -0.3 is 5.11 Å². The molecule has 0 aliphatic rings. The SMILES string of the molecule is O=C(O)Nc1ccccc1Sc1ccccc1. The van der Waals surface area contributed by atoms with Crippen molar-refractivity contribution < 1.29 is 9.90 Å². The molecule has 2 aromatic carbocycles. The second kappa shape index (κ2) is 5.41. The van der Waals surface area contributed by atoms with Crippen LogP contribution in [0.15, 0.2) is 64.4 Å². The Balaban J connectivity index is 2.23. The predicted octanol–water partition coefficient (Wildman–Crippen LogP) is 3.93. The highest BCUT2D eigenvalue weighted by atomic mass is 32.2. The largest absolute Gasteiger partial charge is 0.465 e. The van der Waals surface area contributed by atoms with Crippen LogP contribution in [-0.2, 0) is 0 Å². The van der Waals surface area contributed by atoms with Gasteiger partial charge in [-0.2, -0.15) is 0 Å². The number of hydrogen-bond acceptors (Lipinski definition) is 2. The molecule has 0 heterocycles. The van der Waals surface area contributed by atoms with Gasteiger partial charge in [0.25, 0.3) is 0 Å². The monoisotopic (exact) mass is 245 g/mol. The fourth-order valence-corrected chi connectivity index (χ4v) is 2.31. The van der Waals surface area contributed by atoms with Crippen molar-refractivity contribution in [2.45, 2.75) is 9.79 Å². The Morgan fingerprint density at radius 2 is 1.65 bits per heavy atom. The van der Waals surface area contributed by atoms with E-state index in [2.05, 4.69) is 5.32 Å². The van der Waals surface area contributed by atoms with Gasteiger partial charge in [-0.15, -0.1) is 0 Å². The summed E-state index contributed by atoms with van der Waals surface area (Å²) in [7, 11) is 0. The van der Waals surface area contributed by atoms with Gasteiger partial charge >= 0.3 is 6.09 Å². The van der Waals surface area contributed by atoms with Crippen LogP contribution in [0.2, 0.25) is 0 Å². The molecule has 0 saturated carbocycles. The van der Waals surface area contributed by atoms with Crippen LogP contribution in [0.5, 0.6) is 0 Å². The number of anilines is 1. The second-order valence-corrected chi connectivity index (χ2v) is 4.46. The fourth-order valence-electron chi connectivity index (χ4n) is 1.39. The highest BCUT2D eigenvalue weighted by molar-refractivity contribution is 7.99. The van der Waals surface area contributed by atoms with E-state index < -0.39 is 6.09 Å². The number of hydrogen-bond donors (Lipinski definition) is 2. The summed E-state index contributed by atoms with van der Waals surface area (Å²) in [6, 6.07) is 17.2. The maximum Gasteiger partial charge on any atom is 0.409 e. The van der Waals surface area contributed by atoms with Gasteiger partial charge in [0.2, 0.25) is 0 Å². The average molecular weight is 245 g/mol. The summed E-state index contributed by atoms with van der Waals surface area (Å²) in [4.78, 5) is 12.6. The molecule has 4 heteroatoms. The van der Waals surface area contributed by atoms with Crippen LogP contribution < -0.4 is 5.32 Å². The zero-order chi connectivity index (χ0) is 12.1. The Morgan fingerprint density at radius 1 is 1.00 bits per heavy atom. The lowest BCUT2D eigenvalue weighted by Crippen LogP contribution is -2.07. The molecule has 0 bridgehead atoms. The van der Waals surface area contributed by atoms with Crippen LogP contribution in [0.3, 0.4) is 0 Å². The van der Waals surface area contributed by atoms with Crippen molar-refractivity contribution in [1.82, 2.24) is 0 Å². The first-order chi connectivity index (χ1) is 8.25. The lowest BCUT2D eigenvalue weighted by Gasteiger charge is -2.08. The van der Waals surface area contributed by atoms with E-state index in [1.54, 1.807) is 12.1 Å². The minimum Gasteiger partial charge on any atom is -0.465 e. The molecule has 0 aliphatic heterocycles. The number of benzene rings is 2. The first-order valence-electron chi connectivity index (χ1n) is 5.07. The number of amides is 1. The molecule has 0 spiro atoms. The number of nitrogens with one attached hydrogen (secondary N) is 1. The Bertz CT molecular complexity index is 514. The molecule has 17 heavy (non-hydrogen) atoms. The van der Waals surface area contributed by atoms with Crippen molar-refractivity contribution in [2.75, 3.05) is 5.32 Å². The van der Waals surface area contributed by atoms with E-state index in [9.17, 15) is 4.79 Å². The summed E-state index contributed by atoms with van der Waals surface area (Å²) < 4.78 is 0. The molecule has 2 N–H and O–H groups in total. The molecule has 2 rings (SSSR count). The van der Waals surface area contributed by atoms with Gasteiger partial charge in [-0.25, -0.2) is 4.79 Å². The van der Waals surface area contributed by atoms with Crippen LogP contribution in [0, 0.1) is 0 Å². The average Bonchev–Trinajstić information content (AvgIpc) is 2.32. The summed E-state index contributed by atoms with van der Waals surface area (Å²) in [5.74, 6) is 0. The van der Waals surface area contributed by atoms with E-state index in [0.717, 1.165) is 9.79 Å². The molecule has 0 radical (unpaired) electrons. The maximum atomic E-state index is 10.7. The normalized spacial score (nSPS) is 9.88. The predicted molar refractivity (Wildman–Crippen MR) is 68.7 cm³/mol. The standard InChI is InChI=1S/C13H11NO2S/c15-13(16)14-11-8-4-5-9-12(11)17-10-6-2-1-3-7-10/h1-9,14H,(H,15,16). The first kappa shape index (κ1) is 11.5. The summed E-state index contributed by atoms with van der Waals surface area (Å²) in [5, 5.41) is 11.1. The van der Waals surface area contributed by atoms with Gasteiger partial charge in [0.15, 0.2) is 0 Å². The van der Waals surface area contributed by atoms with Crippen molar-refractivity contribution in [3.63, 3.8) is 0 Å². The number of carboxylic acid groups (broad SMARTS) is 1. The lowest BCUT2D eigenvalue weighted by molar-refractivity contribution is 0.209. The highest BCUT2D eigenvalue weighted by Crippen LogP contribution is 2.32. The van der Waals surface area contributed by atoms with Gasteiger partial charge in [-0.3, -0.25) is 5.32 Å². The molecule has 1 amide bonds. The summed E-state index contributed by atoms with van der Waals surface area (Å²) >= 11 is 1.53. The lowest BCUT2D eigenvalue weighted by atomic mass is 10.3. The van der Waals surface area contributed by atoms with Crippen LogP contribution in [0.4, 0.5) is 10.5 Å². The van der Waals surface area contributed by atoms with Gasteiger partial charge in [0.05, 0.1) is 5.69 Å². The minimum absolute atomic E-state index is 0.605. The van der Waals surface area contributed by atoms with E-state index in [0.29, 0.717) is 5.69 Å². The maximum absolute atomic E-state index is 10.7. The Hall–Kier alpha value is -1.94. The van der Waals surface area contributed by atoms with Crippen molar-refractivity contribution >= 4 is 23.5 Å². The van der Waals surface area contributed by atoms with E-state index >= 15 is 0 Å². The summed E-state index contributed by atoms with van der Waals surface area (Å²) in [6.07, 6.45) is -1.05. The van der Waals surface area contributed by atoms with Crippen LogP contribution in [0.1, 0.15) is 0 Å². The third-order valence-electron chi connectivity index (χ3n) is 2.10. The topological polar surface area (TPSA) is 49.3 Å². The molecule has 0 atom stereocenters. The molecule has 0 unspecified atom stereocenters. The second-order valence-electron chi connectivity index (χ2n) is 3.34. The molecule has 0 saturated heterocycles. The van der Waals surface area contributed by atoms with Crippen molar-refractivity contribution in [2.24, 2.45) is 0 Å². The van der Waals surface area contributed by atoms with Crippen LogP contribution in [-0.4, -0.2) is 11.2 Å². The zero-order valence-electron chi connectivity index (χ0n) is 8.96.